The maximum atomic E-state index is 12.3. The van der Waals surface area contributed by atoms with Crippen molar-refractivity contribution in [2.45, 2.75) is 40.2 Å². The van der Waals surface area contributed by atoms with Crippen LogP contribution in [0.15, 0.2) is 12.3 Å². The standard InChI is InChI=1S/C16H28N4O/c1-6-7-17-15-10-13(4)19-11-14(15)16(21)18-8-9-20(5)12(2)3/h10-12H,6-9H2,1-5H3,(H,17,19)(H,18,21). The van der Waals surface area contributed by atoms with Gasteiger partial charge in [0.15, 0.2) is 0 Å². The van der Waals surface area contributed by atoms with Crippen molar-refractivity contribution in [1.29, 1.82) is 0 Å². The van der Waals surface area contributed by atoms with Crippen LogP contribution in [-0.2, 0) is 0 Å². The van der Waals surface area contributed by atoms with Gasteiger partial charge in [-0.15, -0.1) is 0 Å². The molecule has 1 rings (SSSR count). The van der Waals surface area contributed by atoms with Gasteiger partial charge in [0, 0.05) is 37.6 Å². The minimum Gasteiger partial charge on any atom is -0.384 e. The fraction of sp³-hybridized carbons (Fsp3) is 0.625. The van der Waals surface area contributed by atoms with Crippen LogP contribution in [0.3, 0.4) is 0 Å². The number of hydrogen-bond donors (Lipinski definition) is 2. The summed E-state index contributed by atoms with van der Waals surface area (Å²) >= 11 is 0. The van der Waals surface area contributed by atoms with Gasteiger partial charge >= 0.3 is 0 Å². The Morgan fingerprint density at radius 1 is 1.38 bits per heavy atom. The molecule has 0 saturated carbocycles. The highest BCUT2D eigenvalue weighted by Gasteiger charge is 2.12. The third-order valence-electron chi connectivity index (χ3n) is 3.48. The molecule has 5 heteroatoms. The van der Waals surface area contributed by atoms with Gasteiger partial charge in [-0.2, -0.15) is 0 Å². The fourth-order valence-corrected chi connectivity index (χ4v) is 1.85. The van der Waals surface area contributed by atoms with Crippen LogP contribution in [0.1, 0.15) is 43.2 Å². The lowest BCUT2D eigenvalue weighted by atomic mass is 10.2. The smallest absolute Gasteiger partial charge is 0.254 e. The van der Waals surface area contributed by atoms with Gasteiger partial charge in [0.05, 0.1) is 11.3 Å². The quantitative estimate of drug-likeness (QED) is 0.772. The van der Waals surface area contributed by atoms with Gasteiger partial charge in [-0.05, 0) is 40.3 Å². The number of likely N-dealkylation sites (N-methyl/N-ethyl adjacent to an activating group) is 1. The molecular formula is C16H28N4O. The minimum atomic E-state index is -0.0711. The first-order valence-electron chi connectivity index (χ1n) is 7.64. The van der Waals surface area contributed by atoms with Gasteiger partial charge in [-0.3, -0.25) is 9.78 Å². The van der Waals surface area contributed by atoms with E-state index in [2.05, 4.69) is 48.3 Å². The van der Waals surface area contributed by atoms with E-state index >= 15 is 0 Å². The van der Waals surface area contributed by atoms with E-state index in [4.69, 9.17) is 0 Å². The second kappa shape index (κ2) is 8.62. The van der Waals surface area contributed by atoms with E-state index in [1.165, 1.54) is 0 Å². The van der Waals surface area contributed by atoms with Crippen LogP contribution in [0.4, 0.5) is 5.69 Å². The van der Waals surface area contributed by atoms with Crippen molar-refractivity contribution in [3.8, 4) is 0 Å². The molecule has 0 atom stereocenters. The summed E-state index contributed by atoms with van der Waals surface area (Å²) in [6.45, 7) is 10.6. The number of hydrogen-bond acceptors (Lipinski definition) is 4. The molecule has 1 aromatic heterocycles. The van der Waals surface area contributed by atoms with Crippen LogP contribution in [0.5, 0.6) is 0 Å². The van der Waals surface area contributed by atoms with Crippen LogP contribution >= 0.6 is 0 Å². The van der Waals surface area contributed by atoms with E-state index in [9.17, 15) is 4.79 Å². The minimum absolute atomic E-state index is 0.0711. The van der Waals surface area contributed by atoms with Crippen LogP contribution in [0.25, 0.3) is 0 Å². The zero-order valence-corrected chi connectivity index (χ0v) is 13.9. The SMILES string of the molecule is CCCNc1cc(C)ncc1C(=O)NCCN(C)C(C)C. The average Bonchev–Trinajstić information content (AvgIpc) is 2.44. The molecule has 0 bridgehead atoms. The molecule has 0 fully saturated rings. The molecule has 0 aliphatic carbocycles. The number of rotatable bonds is 8. The molecule has 0 aliphatic heterocycles. The van der Waals surface area contributed by atoms with Crippen LogP contribution in [0.2, 0.25) is 0 Å². The summed E-state index contributed by atoms with van der Waals surface area (Å²) < 4.78 is 0. The van der Waals surface area contributed by atoms with Crippen LogP contribution in [-0.4, -0.2) is 48.5 Å². The highest BCUT2D eigenvalue weighted by Crippen LogP contribution is 2.15. The van der Waals surface area contributed by atoms with Gasteiger partial charge in [-0.1, -0.05) is 6.92 Å². The summed E-state index contributed by atoms with van der Waals surface area (Å²) in [5.74, 6) is -0.0711. The Morgan fingerprint density at radius 3 is 2.71 bits per heavy atom. The zero-order valence-electron chi connectivity index (χ0n) is 13.9. The summed E-state index contributed by atoms with van der Waals surface area (Å²) in [5.41, 5.74) is 2.38. The number of aromatic nitrogens is 1. The number of carbonyl (C=O) groups is 1. The predicted octanol–water partition coefficient (Wildman–Crippen LogP) is 2.28. The third kappa shape index (κ3) is 5.71. The Labute approximate surface area is 128 Å². The Bertz CT molecular complexity index is 460. The summed E-state index contributed by atoms with van der Waals surface area (Å²) in [4.78, 5) is 18.7. The summed E-state index contributed by atoms with van der Waals surface area (Å²) in [6, 6.07) is 2.40. The monoisotopic (exact) mass is 292 g/mol. The summed E-state index contributed by atoms with van der Waals surface area (Å²) in [5, 5.41) is 6.25. The van der Waals surface area contributed by atoms with Crippen molar-refractivity contribution < 1.29 is 4.79 Å². The normalized spacial score (nSPS) is 11.0. The molecule has 0 unspecified atom stereocenters. The maximum absolute atomic E-state index is 12.3. The lowest BCUT2D eigenvalue weighted by Crippen LogP contribution is -2.36. The van der Waals surface area contributed by atoms with Crippen molar-refractivity contribution in [1.82, 2.24) is 15.2 Å². The zero-order chi connectivity index (χ0) is 15.8. The molecule has 0 aromatic carbocycles. The Kier molecular flexibility index (Phi) is 7.15. The van der Waals surface area contributed by atoms with E-state index in [1.807, 2.05) is 13.0 Å². The number of carbonyl (C=O) groups excluding carboxylic acids is 1. The number of anilines is 1. The molecule has 0 spiro atoms. The highest BCUT2D eigenvalue weighted by atomic mass is 16.1. The first kappa shape index (κ1) is 17.4. The largest absolute Gasteiger partial charge is 0.384 e. The van der Waals surface area contributed by atoms with E-state index < -0.39 is 0 Å². The Hall–Kier alpha value is -1.62. The van der Waals surface area contributed by atoms with Crippen LogP contribution < -0.4 is 10.6 Å². The number of nitrogens with zero attached hydrogens (tertiary/aromatic N) is 2. The molecule has 1 heterocycles. The molecule has 0 radical (unpaired) electrons. The van der Waals surface area contributed by atoms with Crippen LogP contribution in [0, 0.1) is 6.92 Å². The molecular weight excluding hydrogens is 264 g/mol. The molecule has 118 valence electrons. The van der Waals surface area contributed by atoms with Gasteiger partial charge in [0.25, 0.3) is 5.91 Å². The van der Waals surface area contributed by atoms with E-state index in [0.717, 1.165) is 30.9 Å². The molecule has 2 N–H and O–H groups in total. The van der Waals surface area contributed by atoms with Gasteiger partial charge in [0.1, 0.15) is 0 Å². The average molecular weight is 292 g/mol. The van der Waals surface area contributed by atoms with Crippen molar-refractivity contribution in [3.05, 3.63) is 23.5 Å². The number of nitrogens with one attached hydrogen (secondary N) is 2. The van der Waals surface area contributed by atoms with Crippen molar-refractivity contribution in [2.75, 3.05) is 32.0 Å². The first-order chi connectivity index (χ1) is 9.95. The van der Waals surface area contributed by atoms with E-state index in [0.29, 0.717) is 18.2 Å². The Morgan fingerprint density at radius 2 is 2.10 bits per heavy atom. The Balaban J connectivity index is 2.64. The molecule has 0 saturated heterocycles. The first-order valence-corrected chi connectivity index (χ1v) is 7.64. The lowest BCUT2D eigenvalue weighted by molar-refractivity contribution is 0.0948. The van der Waals surface area contributed by atoms with Gasteiger partial charge in [0.2, 0.25) is 0 Å². The molecule has 0 aliphatic rings. The number of aryl methyl sites for hydroxylation is 1. The topological polar surface area (TPSA) is 57.3 Å². The molecule has 21 heavy (non-hydrogen) atoms. The van der Waals surface area contributed by atoms with Crippen molar-refractivity contribution in [3.63, 3.8) is 0 Å². The lowest BCUT2D eigenvalue weighted by Gasteiger charge is -2.21. The third-order valence-corrected chi connectivity index (χ3v) is 3.48. The van der Waals surface area contributed by atoms with E-state index in [1.54, 1.807) is 6.20 Å². The highest BCUT2D eigenvalue weighted by molar-refractivity contribution is 5.99. The molecule has 1 amide bonds. The summed E-state index contributed by atoms with van der Waals surface area (Å²) in [7, 11) is 2.05. The van der Waals surface area contributed by atoms with Gasteiger partial charge in [-0.25, -0.2) is 0 Å². The summed E-state index contributed by atoms with van der Waals surface area (Å²) in [6.07, 6.45) is 2.66. The van der Waals surface area contributed by atoms with Crippen molar-refractivity contribution in [2.24, 2.45) is 0 Å². The number of amides is 1. The van der Waals surface area contributed by atoms with Crippen molar-refractivity contribution >= 4 is 11.6 Å². The fourth-order valence-electron chi connectivity index (χ4n) is 1.85. The van der Waals surface area contributed by atoms with Gasteiger partial charge < -0.3 is 15.5 Å². The predicted molar refractivity (Wildman–Crippen MR) is 87.9 cm³/mol. The second-order valence-electron chi connectivity index (χ2n) is 5.63. The molecule has 1 aromatic rings. The number of pyridine rings is 1. The van der Waals surface area contributed by atoms with E-state index in [-0.39, 0.29) is 5.91 Å². The molecule has 5 nitrogen and oxygen atoms in total. The second-order valence-corrected chi connectivity index (χ2v) is 5.63. The maximum Gasteiger partial charge on any atom is 0.254 e.